The molecule has 0 aliphatic rings. The maximum absolute atomic E-state index is 13.0. The molecule has 2 aromatic rings. The van der Waals surface area contributed by atoms with Crippen LogP contribution < -0.4 is 4.74 Å². The number of rotatable bonds is 2. The van der Waals surface area contributed by atoms with Crippen molar-refractivity contribution < 1.29 is 9.13 Å². The Morgan fingerprint density at radius 3 is 2.88 bits per heavy atom. The van der Waals surface area contributed by atoms with Gasteiger partial charge in [-0.1, -0.05) is 0 Å². The Balaban J connectivity index is 2.32. The van der Waals surface area contributed by atoms with Gasteiger partial charge in [-0.25, -0.2) is 9.37 Å². The Labute approximate surface area is 106 Å². The lowest BCUT2D eigenvalue weighted by Crippen LogP contribution is -1.91. The average Bonchev–Trinajstić information content (AvgIpc) is 2.34. The molecule has 0 aliphatic carbocycles. The van der Waals surface area contributed by atoms with Gasteiger partial charge in [0.2, 0.25) is 0 Å². The maximum atomic E-state index is 13.0. The van der Waals surface area contributed by atoms with E-state index in [0.29, 0.717) is 16.0 Å². The van der Waals surface area contributed by atoms with Gasteiger partial charge in [-0.05, 0) is 46.3 Å². The molecule has 1 heterocycles. The number of halogens is 2. The van der Waals surface area contributed by atoms with Crippen molar-refractivity contribution in [1.29, 1.82) is 5.26 Å². The highest BCUT2D eigenvalue weighted by Crippen LogP contribution is 2.27. The number of aromatic nitrogens is 1. The standard InChI is InChI=1S/C12H6BrFN2O/c13-9-6-8(3-4-10(9)14)17-12-2-1-5-16-11(12)7-15/h1-6H. The van der Waals surface area contributed by atoms with E-state index in [1.807, 2.05) is 6.07 Å². The van der Waals surface area contributed by atoms with E-state index in [2.05, 4.69) is 20.9 Å². The molecule has 0 bridgehead atoms. The lowest BCUT2D eigenvalue weighted by molar-refractivity contribution is 0.475. The highest BCUT2D eigenvalue weighted by molar-refractivity contribution is 9.10. The molecular formula is C12H6BrFN2O. The van der Waals surface area contributed by atoms with E-state index < -0.39 is 0 Å². The van der Waals surface area contributed by atoms with Crippen LogP contribution in [0.2, 0.25) is 0 Å². The van der Waals surface area contributed by atoms with Gasteiger partial charge in [0.1, 0.15) is 17.6 Å². The van der Waals surface area contributed by atoms with E-state index in [9.17, 15) is 4.39 Å². The summed E-state index contributed by atoms with van der Waals surface area (Å²) in [6.45, 7) is 0. The lowest BCUT2D eigenvalue weighted by atomic mass is 10.3. The summed E-state index contributed by atoms with van der Waals surface area (Å²) in [6, 6.07) is 9.46. The van der Waals surface area contributed by atoms with E-state index in [4.69, 9.17) is 10.00 Å². The topological polar surface area (TPSA) is 45.9 Å². The van der Waals surface area contributed by atoms with Crippen molar-refractivity contribution >= 4 is 15.9 Å². The number of pyridine rings is 1. The predicted octanol–water partition coefficient (Wildman–Crippen LogP) is 3.65. The molecule has 0 spiro atoms. The summed E-state index contributed by atoms with van der Waals surface area (Å²) in [5, 5.41) is 8.83. The van der Waals surface area contributed by atoms with Crippen LogP contribution in [0.1, 0.15) is 5.69 Å². The number of hydrogen-bond donors (Lipinski definition) is 0. The molecule has 0 N–H and O–H groups in total. The van der Waals surface area contributed by atoms with Crippen LogP contribution in [0.25, 0.3) is 0 Å². The minimum Gasteiger partial charge on any atom is -0.454 e. The predicted molar refractivity (Wildman–Crippen MR) is 63.1 cm³/mol. The summed E-state index contributed by atoms with van der Waals surface area (Å²) in [6.07, 6.45) is 1.51. The van der Waals surface area contributed by atoms with E-state index in [1.54, 1.807) is 12.1 Å². The molecule has 0 atom stereocenters. The fraction of sp³-hybridized carbons (Fsp3) is 0. The molecule has 0 radical (unpaired) electrons. The highest BCUT2D eigenvalue weighted by Gasteiger charge is 2.06. The summed E-state index contributed by atoms with van der Waals surface area (Å²) in [7, 11) is 0. The maximum Gasteiger partial charge on any atom is 0.183 e. The van der Waals surface area contributed by atoms with Gasteiger partial charge in [0.25, 0.3) is 0 Å². The van der Waals surface area contributed by atoms with Crippen molar-refractivity contribution in [3.05, 3.63) is 52.5 Å². The van der Waals surface area contributed by atoms with Crippen LogP contribution in [-0.2, 0) is 0 Å². The third-order valence-electron chi connectivity index (χ3n) is 2.00. The molecule has 0 aliphatic heterocycles. The number of ether oxygens (including phenoxy) is 1. The molecule has 3 nitrogen and oxygen atoms in total. The van der Waals surface area contributed by atoms with Crippen LogP contribution in [0.5, 0.6) is 11.5 Å². The van der Waals surface area contributed by atoms with E-state index >= 15 is 0 Å². The number of nitrogens with zero attached hydrogens (tertiary/aromatic N) is 2. The molecular weight excluding hydrogens is 287 g/mol. The van der Waals surface area contributed by atoms with Gasteiger partial charge in [-0.2, -0.15) is 5.26 Å². The Hall–Kier alpha value is -1.93. The van der Waals surface area contributed by atoms with Crippen molar-refractivity contribution in [1.82, 2.24) is 4.98 Å². The summed E-state index contributed by atoms with van der Waals surface area (Å²) in [4.78, 5) is 3.86. The van der Waals surface area contributed by atoms with Crippen LogP contribution in [0.4, 0.5) is 4.39 Å². The van der Waals surface area contributed by atoms with E-state index in [-0.39, 0.29) is 11.5 Å². The van der Waals surface area contributed by atoms with Gasteiger partial charge in [-0.3, -0.25) is 0 Å². The smallest absolute Gasteiger partial charge is 0.183 e. The quantitative estimate of drug-likeness (QED) is 0.849. The number of hydrogen-bond acceptors (Lipinski definition) is 3. The number of benzene rings is 1. The zero-order chi connectivity index (χ0) is 12.3. The van der Waals surface area contributed by atoms with Crippen LogP contribution in [0.3, 0.4) is 0 Å². The summed E-state index contributed by atoms with van der Waals surface area (Å²) < 4.78 is 18.8. The summed E-state index contributed by atoms with van der Waals surface area (Å²) >= 11 is 3.06. The van der Waals surface area contributed by atoms with Crippen LogP contribution in [0, 0.1) is 17.1 Å². The van der Waals surface area contributed by atoms with Gasteiger partial charge in [-0.15, -0.1) is 0 Å². The fourth-order valence-corrected chi connectivity index (χ4v) is 1.58. The Morgan fingerprint density at radius 2 is 2.18 bits per heavy atom. The lowest BCUT2D eigenvalue weighted by Gasteiger charge is -2.06. The van der Waals surface area contributed by atoms with Crippen LogP contribution in [0.15, 0.2) is 41.0 Å². The minimum absolute atomic E-state index is 0.188. The van der Waals surface area contributed by atoms with Gasteiger partial charge in [0, 0.05) is 6.20 Å². The molecule has 1 aromatic heterocycles. The molecule has 5 heteroatoms. The molecule has 0 fully saturated rings. The van der Waals surface area contributed by atoms with Crippen LogP contribution in [-0.4, -0.2) is 4.98 Å². The Bertz CT molecular complexity index is 595. The zero-order valence-electron chi connectivity index (χ0n) is 8.52. The van der Waals surface area contributed by atoms with Gasteiger partial charge in [0.05, 0.1) is 4.47 Å². The third kappa shape index (κ3) is 2.60. The van der Waals surface area contributed by atoms with Gasteiger partial charge >= 0.3 is 0 Å². The van der Waals surface area contributed by atoms with Crippen molar-refractivity contribution in [2.45, 2.75) is 0 Å². The first-order chi connectivity index (χ1) is 8.20. The SMILES string of the molecule is N#Cc1ncccc1Oc1ccc(F)c(Br)c1. The second-order valence-electron chi connectivity index (χ2n) is 3.14. The molecule has 17 heavy (non-hydrogen) atoms. The molecule has 2 rings (SSSR count). The second-order valence-corrected chi connectivity index (χ2v) is 3.99. The average molecular weight is 293 g/mol. The zero-order valence-corrected chi connectivity index (χ0v) is 10.1. The van der Waals surface area contributed by atoms with Gasteiger partial charge in [0.15, 0.2) is 11.4 Å². The van der Waals surface area contributed by atoms with E-state index in [1.165, 1.54) is 24.4 Å². The number of nitriles is 1. The second kappa shape index (κ2) is 4.93. The first kappa shape index (κ1) is 11.6. The molecule has 0 saturated heterocycles. The largest absolute Gasteiger partial charge is 0.454 e. The Morgan fingerprint density at radius 1 is 1.35 bits per heavy atom. The molecule has 1 aromatic carbocycles. The van der Waals surface area contributed by atoms with Crippen molar-refractivity contribution in [3.8, 4) is 17.6 Å². The van der Waals surface area contributed by atoms with Crippen molar-refractivity contribution in [2.24, 2.45) is 0 Å². The van der Waals surface area contributed by atoms with Gasteiger partial charge < -0.3 is 4.74 Å². The molecule has 0 saturated carbocycles. The monoisotopic (exact) mass is 292 g/mol. The van der Waals surface area contributed by atoms with Crippen molar-refractivity contribution in [3.63, 3.8) is 0 Å². The highest BCUT2D eigenvalue weighted by atomic mass is 79.9. The molecule has 0 amide bonds. The first-order valence-electron chi connectivity index (χ1n) is 4.69. The normalized spacial score (nSPS) is 9.71. The minimum atomic E-state index is -0.371. The third-order valence-corrected chi connectivity index (χ3v) is 2.60. The van der Waals surface area contributed by atoms with E-state index in [0.717, 1.165) is 0 Å². The molecule has 84 valence electrons. The Kier molecular flexibility index (Phi) is 3.35. The molecule has 0 unspecified atom stereocenters. The first-order valence-corrected chi connectivity index (χ1v) is 5.48. The van der Waals surface area contributed by atoms with Crippen LogP contribution >= 0.6 is 15.9 Å². The van der Waals surface area contributed by atoms with Crippen molar-refractivity contribution in [2.75, 3.05) is 0 Å². The summed E-state index contributed by atoms with van der Waals surface area (Å²) in [5.41, 5.74) is 0.188. The summed E-state index contributed by atoms with van der Waals surface area (Å²) in [5.74, 6) is 0.403. The fourth-order valence-electron chi connectivity index (χ4n) is 1.22.